The SMILES string of the molecule is CCOCCN1N=C(C)Cn2c1nc1c2c(=O)n(Cc2ccccc2Cl)c(=O)n1C. The van der Waals surface area contributed by atoms with Gasteiger partial charge >= 0.3 is 5.69 Å². The maximum absolute atomic E-state index is 13.4. The van der Waals surface area contributed by atoms with E-state index in [2.05, 4.69) is 10.1 Å². The van der Waals surface area contributed by atoms with E-state index in [-0.39, 0.29) is 6.54 Å². The number of ether oxygens (including phenoxy) is 1. The maximum Gasteiger partial charge on any atom is 0.332 e. The maximum atomic E-state index is 13.4. The second kappa shape index (κ2) is 8.08. The van der Waals surface area contributed by atoms with Crippen LogP contribution in [0.1, 0.15) is 19.4 Å². The molecular weight excluding hydrogens is 408 g/mol. The number of hydrogen-bond acceptors (Lipinski definition) is 6. The summed E-state index contributed by atoms with van der Waals surface area (Å²) in [5, 5.41) is 6.77. The van der Waals surface area contributed by atoms with Gasteiger partial charge < -0.3 is 4.74 Å². The molecule has 0 unspecified atom stereocenters. The van der Waals surface area contributed by atoms with E-state index in [0.717, 1.165) is 5.71 Å². The van der Waals surface area contributed by atoms with Gasteiger partial charge in [-0.05, 0) is 25.5 Å². The van der Waals surface area contributed by atoms with Crippen molar-refractivity contribution in [2.45, 2.75) is 26.9 Å². The van der Waals surface area contributed by atoms with Crippen LogP contribution in [0.25, 0.3) is 11.2 Å². The summed E-state index contributed by atoms with van der Waals surface area (Å²) in [5.74, 6) is 0.526. The van der Waals surface area contributed by atoms with Crippen LogP contribution in [-0.4, -0.2) is 44.2 Å². The summed E-state index contributed by atoms with van der Waals surface area (Å²) < 4.78 is 9.85. The van der Waals surface area contributed by atoms with E-state index in [1.807, 2.05) is 30.5 Å². The van der Waals surface area contributed by atoms with E-state index >= 15 is 0 Å². The van der Waals surface area contributed by atoms with E-state index in [1.54, 1.807) is 24.2 Å². The molecule has 1 aromatic carbocycles. The van der Waals surface area contributed by atoms with Crippen LogP contribution in [0.15, 0.2) is 39.0 Å². The van der Waals surface area contributed by atoms with Crippen LogP contribution in [0.4, 0.5) is 5.95 Å². The largest absolute Gasteiger partial charge is 0.380 e. The summed E-state index contributed by atoms with van der Waals surface area (Å²) in [6, 6.07) is 7.17. The minimum absolute atomic E-state index is 0.0861. The van der Waals surface area contributed by atoms with Gasteiger partial charge in [0.05, 0.1) is 32.0 Å². The van der Waals surface area contributed by atoms with Crippen LogP contribution < -0.4 is 16.3 Å². The van der Waals surface area contributed by atoms with Crippen molar-refractivity contribution in [3.05, 3.63) is 55.7 Å². The highest BCUT2D eigenvalue weighted by molar-refractivity contribution is 6.31. The van der Waals surface area contributed by atoms with Gasteiger partial charge in [-0.2, -0.15) is 10.1 Å². The molecule has 0 N–H and O–H groups in total. The number of hydrogen-bond donors (Lipinski definition) is 0. The van der Waals surface area contributed by atoms with Crippen molar-refractivity contribution in [3.8, 4) is 0 Å². The third-order valence-corrected chi connectivity index (χ3v) is 5.43. The number of imidazole rings is 1. The Kier molecular flexibility index (Phi) is 5.48. The fraction of sp³-hybridized carbons (Fsp3) is 0.400. The van der Waals surface area contributed by atoms with Crippen LogP contribution in [0.2, 0.25) is 5.02 Å². The van der Waals surface area contributed by atoms with Gasteiger partial charge in [0.1, 0.15) is 0 Å². The molecule has 0 saturated carbocycles. The molecule has 4 rings (SSSR count). The monoisotopic (exact) mass is 430 g/mol. The average molecular weight is 431 g/mol. The first-order chi connectivity index (χ1) is 14.4. The van der Waals surface area contributed by atoms with Crippen LogP contribution >= 0.6 is 11.6 Å². The summed E-state index contributed by atoms with van der Waals surface area (Å²) in [5.41, 5.74) is 1.40. The smallest absolute Gasteiger partial charge is 0.332 e. The fourth-order valence-electron chi connectivity index (χ4n) is 3.60. The van der Waals surface area contributed by atoms with Crippen LogP contribution in [-0.2, 0) is 24.9 Å². The van der Waals surface area contributed by atoms with E-state index in [4.69, 9.17) is 16.3 Å². The van der Waals surface area contributed by atoms with Crippen molar-refractivity contribution in [1.29, 1.82) is 0 Å². The normalized spacial score (nSPS) is 13.6. The Morgan fingerprint density at radius 1 is 1.23 bits per heavy atom. The summed E-state index contributed by atoms with van der Waals surface area (Å²) >= 11 is 6.25. The lowest BCUT2D eigenvalue weighted by Gasteiger charge is -2.24. The van der Waals surface area contributed by atoms with Crippen LogP contribution in [0, 0.1) is 0 Å². The lowest BCUT2D eigenvalue weighted by molar-refractivity contribution is 0.153. The number of aromatic nitrogens is 4. The highest BCUT2D eigenvalue weighted by atomic mass is 35.5. The summed E-state index contributed by atoms with van der Waals surface area (Å²) in [7, 11) is 1.62. The third kappa shape index (κ3) is 3.44. The van der Waals surface area contributed by atoms with Crippen LogP contribution in [0.5, 0.6) is 0 Å². The van der Waals surface area contributed by atoms with Crippen molar-refractivity contribution < 1.29 is 4.74 Å². The van der Waals surface area contributed by atoms with Gasteiger partial charge in [-0.15, -0.1) is 0 Å². The predicted molar refractivity (Wildman–Crippen MR) is 117 cm³/mol. The lowest BCUT2D eigenvalue weighted by Crippen LogP contribution is -2.40. The Labute approximate surface area is 177 Å². The zero-order chi connectivity index (χ0) is 21.4. The zero-order valence-corrected chi connectivity index (χ0v) is 17.9. The van der Waals surface area contributed by atoms with Crippen molar-refractivity contribution in [3.63, 3.8) is 0 Å². The Morgan fingerprint density at radius 2 is 2.00 bits per heavy atom. The first-order valence-corrected chi connectivity index (χ1v) is 10.1. The average Bonchev–Trinajstić information content (AvgIpc) is 3.10. The molecule has 1 aliphatic heterocycles. The molecule has 0 saturated heterocycles. The molecule has 1 aliphatic rings. The number of hydrazone groups is 1. The number of benzene rings is 1. The molecule has 0 fully saturated rings. The minimum atomic E-state index is -0.443. The Morgan fingerprint density at radius 3 is 2.73 bits per heavy atom. The minimum Gasteiger partial charge on any atom is -0.380 e. The van der Waals surface area contributed by atoms with E-state index < -0.39 is 11.2 Å². The molecule has 9 nitrogen and oxygen atoms in total. The first kappa shape index (κ1) is 20.4. The third-order valence-electron chi connectivity index (χ3n) is 5.06. The predicted octanol–water partition coefficient (Wildman–Crippen LogP) is 1.83. The molecular formula is C20H23ClN6O3. The number of fused-ring (bicyclic) bond motifs is 3. The molecule has 10 heteroatoms. The second-order valence-corrected chi connectivity index (χ2v) is 7.56. The first-order valence-electron chi connectivity index (χ1n) is 9.75. The second-order valence-electron chi connectivity index (χ2n) is 7.15. The Balaban J connectivity index is 1.87. The fourth-order valence-corrected chi connectivity index (χ4v) is 3.80. The van der Waals surface area contributed by atoms with Gasteiger partial charge in [0, 0.05) is 18.7 Å². The molecule has 0 atom stereocenters. The van der Waals surface area contributed by atoms with Crippen molar-refractivity contribution in [2.24, 2.45) is 12.1 Å². The summed E-state index contributed by atoms with van der Waals surface area (Å²) in [6.07, 6.45) is 0. The molecule has 0 bridgehead atoms. The zero-order valence-electron chi connectivity index (χ0n) is 17.1. The number of anilines is 1. The van der Waals surface area contributed by atoms with Gasteiger partial charge in [-0.1, -0.05) is 29.8 Å². The number of nitrogens with zero attached hydrogens (tertiary/aromatic N) is 6. The molecule has 0 radical (unpaired) electrons. The van der Waals surface area contributed by atoms with Crippen molar-refractivity contribution in [1.82, 2.24) is 18.7 Å². The molecule has 3 aromatic rings. The molecule has 30 heavy (non-hydrogen) atoms. The van der Waals surface area contributed by atoms with E-state index in [9.17, 15) is 9.59 Å². The van der Waals surface area contributed by atoms with Crippen molar-refractivity contribution in [2.75, 3.05) is 24.8 Å². The van der Waals surface area contributed by atoms with E-state index in [1.165, 1.54) is 9.13 Å². The summed E-state index contributed by atoms with van der Waals surface area (Å²) in [6.45, 7) is 5.92. The molecule has 3 heterocycles. The van der Waals surface area contributed by atoms with Crippen LogP contribution in [0.3, 0.4) is 0 Å². The van der Waals surface area contributed by atoms with Gasteiger partial charge in [0.15, 0.2) is 11.2 Å². The van der Waals surface area contributed by atoms with Crippen molar-refractivity contribution >= 4 is 34.4 Å². The number of rotatable bonds is 6. The lowest BCUT2D eigenvalue weighted by atomic mass is 10.2. The van der Waals surface area contributed by atoms with Gasteiger partial charge in [-0.25, -0.2) is 9.80 Å². The molecule has 0 spiro atoms. The highest BCUT2D eigenvalue weighted by Gasteiger charge is 2.26. The summed E-state index contributed by atoms with van der Waals surface area (Å²) in [4.78, 5) is 30.9. The molecule has 2 aromatic heterocycles. The standard InChI is InChI=1S/C20H23ClN6O3/c1-4-30-10-9-27-19-22-17-16(25(19)11-13(2)23-27)18(28)26(20(29)24(17)3)12-14-7-5-6-8-15(14)21/h5-8H,4,9-12H2,1-3H3. The van der Waals surface area contributed by atoms with Gasteiger partial charge in [-0.3, -0.25) is 18.5 Å². The molecule has 0 aliphatic carbocycles. The van der Waals surface area contributed by atoms with Gasteiger partial charge in [0.25, 0.3) is 5.56 Å². The number of aryl methyl sites for hydroxylation is 1. The highest BCUT2D eigenvalue weighted by Crippen LogP contribution is 2.23. The Hall–Kier alpha value is -2.91. The Bertz CT molecular complexity index is 1260. The molecule has 158 valence electrons. The molecule has 0 amide bonds. The number of halogens is 1. The topological polar surface area (TPSA) is 86.7 Å². The van der Waals surface area contributed by atoms with E-state index in [0.29, 0.717) is 54.0 Å². The van der Waals surface area contributed by atoms with Gasteiger partial charge in [0.2, 0.25) is 5.95 Å². The quantitative estimate of drug-likeness (QED) is 0.557.